The van der Waals surface area contributed by atoms with Crippen LogP contribution in [0.15, 0.2) is 24.3 Å². The van der Waals surface area contributed by atoms with Crippen molar-refractivity contribution in [2.75, 3.05) is 26.3 Å². The Morgan fingerprint density at radius 1 is 1.21 bits per heavy atom. The molecule has 0 bridgehead atoms. The minimum atomic E-state index is -0.191. The fourth-order valence-electron chi connectivity index (χ4n) is 3.60. The van der Waals surface area contributed by atoms with E-state index < -0.39 is 0 Å². The highest BCUT2D eigenvalue weighted by atomic mass is 19.1. The standard InChI is InChI=1S/C19H27FN2O2/c20-17-5-3-15(4-6-17)13-22-9-7-18(8-10-22)21-19(23)12-16-2-1-11-24-14-16/h3-6,16,18H,1-2,7-14H2,(H,21,23)/t16-/m1/s1. The highest BCUT2D eigenvalue weighted by Gasteiger charge is 2.23. The van der Waals surface area contributed by atoms with Gasteiger partial charge < -0.3 is 10.1 Å². The molecule has 0 aromatic heterocycles. The molecule has 3 rings (SSSR count). The molecule has 2 saturated heterocycles. The van der Waals surface area contributed by atoms with E-state index in [1.165, 1.54) is 12.1 Å². The Labute approximate surface area is 143 Å². The number of nitrogens with zero attached hydrogens (tertiary/aromatic N) is 1. The first-order chi connectivity index (χ1) is 11.7. The van der Waals surface area contributed by atoms with Gasteiger partial charge in [0.25, 0.3) is 0 Å². The number of carbonyl (C=O) groups excluding carboxylic acids is 1. The molecule has 132 valence electrons. The molecule has 2 aliphatic heterocycles. The number of piperidine rings is 1. The molecule has 1 aromatic rings. The molecule has 2 fully saturated rings. The second-order valence-corrected chi connectivity index (χ2v) is 7.03. The lowest BCUT2D eigenvalue weighted by molar-refractivity contribution is -0.124. The number of nitrogens with one attached hydrogen (secondary N) is 1. The normalized spacial score (nSPS) is 23.1. The molecule has 0 unspecified atom stereocenters. The van der Waals surface area contributed by atoms with Gasteiger partial charge in [-0.05, 0) is 49.3 Å². The zero-order valence-corrected chi connectivity index (χ0v) is 14.2. The van der Waals surface area contributed by atoms with Gasteiger partial charge in [-0.1, -0.05) is 12.1 Å². The number of rotatable bonds is 5. The summed E-state index contributed by atoms with van der Waals surface area (Å²) >= 11 is 0. The van der Waals surface area contributed by atoms with Crippen LogP contribution in [0.4, 0.5) is 4.39 Å². The fraction of sp³-hybridized carbons (Fsp3) is 0.632. The molecule has 0 spiro atoms. The third kappa shape index (κ3) is 5.28. The Balaban J connectivity index is 1.37. The molecular formula is C19H27FN2O2. The summed E-state index contributed by atoms with van der Waals surface area (Å²) in [5.74, 6) is 0.364. The topological polar surface area (TPSA) is 41.6 Å². The first-order valence-electron chi connectivity index (χ1n) is 9.03. The van der Waals surface area contributed by atoms with Crippen LogP contribution in [0.5, 0.6) is 0 Å². The number of halogens is 1. The van der Waals surface area contributed by atoms with Crippen LogP contribution >= 0.6 is 0 Å². The minimum absolute atomic E-state index is 0.169. The zero-order valence-electron chi connectivity index (χ0n) is 14.2. The number of likely N-dealkylation sites (tertiary alicyclic amines) is 1. The Hall–Kier alpha value is -1.46. The van der Waals surface area contributed by atoms with Gasteiger partial charge in [0.1, 0.15) is 5.82 Å². The minimum Gasteiger partial charge on any atom is -0.381 e. The van der Waals surface area contributed by atoms with Crippen molar-refractivity contribution >= 4 is 5.91 Å². The van der Waals surface area contributed by atoms with Crippen LogP contribution in [0.25, 0.3) is 0 Å². The van der Waals surface area contributed by atoms with Crippen molar-refractivity contribution in [1.29, 1.82) is 0 Å². The predicted molar refractivity (Wildman–Crippen MR) is 91.0 cm³/mol. The van der Waals surface area contributed by atoms with Crippen molar-refractivity contribution in [2.45, 2.75) is 44.7 Å². The third-order valence-corrected chi connectivity index (χ3v) is 5.00. The second kappa shape index (κ2) is 8.58. The lowest BCUT2D eigenvalue weighted by Crippen LogP contribution is -2.44. The molecular weight excluding hydrogens is 307 g/mol. The van der Waals surface area contributed by atoms with Gasteiger partial charge in [-0.3, -0.25) is 9.69 Å². The summed E-state index contributed by atoms with van der Waals surface area (Å²) in [5.41, 5.74) is 1.14. The van der Waals surface area contributed by atoms with Crippen molar-refractivity contribution in [2.24, 2.45) is 5.92 Å². The summed E-state index contributed by atoms with van der Waals surface area (Å²) in [5, 5.41) is 3.19. The molecule has 0 saturated carbocycles. The van der Waals surface area contributed by atoms with Gasteiger partial charge in [0.15, 0.2) is 0 Å². The Morgan fingerprint density at radius 3 is 2.62 bits per heavy atom. The first kappa shape index (κ1) is 17.4. The quantitative estimate of drug-likeness (QED) is 0.900. The highest BCUT2D eigenvalue weighted by Crippen LogP contribution is 2.18. The van der Waals surface area contributed by atoms with Crippen LogP contribution in [0.3, 0.4) is 0 Å². The van der Waals surface area contributed by atoms with Gasteiger partial charge in [-0.15, -0.1) is 0 Å². The number of benzene rings is 1. The summed E-state index contributed by atoms with van der Waals surface area (Å²) in [4.78, 5) is 14.5. The van der Waals surface area contributed by atoms with Crippen molar-refractivity contribution in [3.05, 3.63) is 35.6 Å². The molecule has 0 radical (unpaired) electrons. The van der Waals surface area contributed by atoms with Gasteiger partial charge in [-0.2, -0.15) is 0 Å². The van der Waals surface area contributed by atoms with E-state index in [0.717, 1.165) is 64.1 Å². The molecule has 4 nitrogen and oxygen atoms in total. The van der Waals surface area contributed by atoms with Crippen LogP contribution in [0.2, 0.25) is 0 Å². The average Bonchev–Trinajstić information content (AvgIpc) is 2.59. The SMILES string of the molecule is O=C(C[C@H]1CCCOC1)NC1CCN(Cc2ccc(F)cc2)CC1. The number of amides is 1. The number of hydrogen-bond acceptors (Lipinski definition) is 3. The lowest BCUT2D eigenvalue weighted by atomic mass is 9.97. The van der Waals surface area contributed by atoms with E-state index in [1.807, 2.05) is 12.1 Å². The fourth-order valence-corrected chi connectivity index (χ4v) is 3.60. The largest absolute Gasteiger partial charge is 0.381 e. The van der Waals surface area contributed by atoms with Gasteiger partial charge >= 0.3 is 0 Å². The lowest BCUT2D eigenvalue weighted by Gasteiger charge is -2.32. The van der Waals surface area contributed by atoms with Crippen LogP contribution in [-0.2, 0) is 16.1 Å². The molecule has 2 heterocycles. The maximum absolute atomic E-state index is 12.9. The van der Waals surface area contributed by atoms with Crippen LogP contribution in [0, 0.1) is 11.7 Å². The van der Waals surface area contributed by atoms with Gasteiger partial charge in [0.05, 0.1) is 0 Å². The molecule has 5 heteroatoms. The van der Waals surface area contributed by atoms with E-state index >= 15 is 0 Å². The van der Waals surface area contributed by atoms with Crippen LogP contribution < -0.4 is 5.32 Å². The maximum atomic E-state index is 12.9. The third-order valence-electron chi connectivity index (χ3n) is 5.00. The van der Waals surface area contributed by atoms with E-state index in [-0.39, 0.29) is 17.8 Å². The highest BCUT2D eigenvalue weighted by molar-refractivity contribution is 5.76. The van der Waals surface area contributed by atoms with E-state index in [1.54, 1.807) is 0 Å². The number of hydrogen-bond donors (Lipinski definition) is 1. The predicted octanol–water partition coefficient (Wildman–Crippen LogP) is 2.72. The van der Waals surface area contributed by atoms with E-state index in [9.17, 15) is 9.18 Å². The van der Waals surface area contributed by atoms with E-state index in [4.69, 9.17) is 4.74 Å². The van der Waals surface area contributed by atoms with Crippen molar-refractivity contribution in [1.82, 2.24) is 10.2 Å². The average molecular weight is 334 g/mol. The van der Waals surface area contributed by atoms with Gasteiger partial charge in [0, 0.05) is 45.3 Å². The van der Waals surface area contributed by atoms with Crippen molar-refractivity contribution < 1.29 is 13.9 Å². The molecule has 1 amide bonds. The summed E-state index contributed by atoms with van der Waals surface area (Å²) in [6.07, 6.45) is 4.72. The van der Waals surface area contributed by atoms with E-state index in [0.29, 0.717) is 12.3 Å². The Kier molecular flexibility index (Phi) is 6.21. The summed E-state index contributed by atoms with van der Waals surface area (Å²) in [7, 11) is 0. The second-order valence-electron chi connectivity index (χ2n) is 7.03. The zero-order chi connectivity index (χ0) is 16.8. The van der Waals surface area contributed by atoms with Crippen molar-refractivity contribution in [3.8, 4) is 0 Å². The Bertz CT molecular complexity index is 521. The van der Waals surface area contributed by atoms with Crippen LogP contribution in [0.1, 0.15) is 37.7 Å². The summed E-state index contributed by atoms with van der Waals surface area (Å²) in [6.45, 7) is 4.35. The molecule has 2 aliphatic rings. The monoisotopic (exact) mass is 334 g/mol. The first-order valence-corrected chi connectivity index (χ1v) is 9.03. The number of carbonyl (C=O) groups is 1. The Morgan fingerprint density at radius 2 is 1.96 bits per heavy atom. The van der Waals surface area contributed by atoms with E-state index in [2.05, 4.69) is 10.2 Å². The molecule has 1 atom stereocenters. The van der Waals surface area contributed by atoms with Crippen molar-refractivity contribution in [3.63, 3.8) is 0 Å². The van der Waals surface area contributed by atoms with Gasteiger partial charge in [0.2, 0.25) is 5.91 Å². The van der Waals surface area contributed by atoms with Crippen LogP contribution in [-0.4, -0.2) is 43.2 Å². The molecule has 1 aromatic carbocycles. The molecule has 1 N–H and O–H groups in total. The molecule has 24 heavy (non-hydrogen) atoms. The summed E-state index contributed by atoms with van der Waals surface area (Å²) in [6, 6.07) is 6.99. The maximum Gasteiger partial charge on any atom is 0.220 e. The number of ether oxygens (including phenoxy) is 1. The van der Waals surface area contributed by atoms with Gasteiger partial charge in [-0.25, -0.2) is 4.39 Å². The summed E-state index contributed by atoms with van der Waals surface area (Å²) < 4.78 is 18.4. The smallest absolute Gasteiger partial charge is 0.220 e. The molecule has 0 aliphatic carbocycles.